The Morgan fingerprint density at radius 3 is 2.35 bits per heavy atom. The summed E-state index contributed by atoms with van der Waals surface area (Å²) < 4.78 is 27.6. The van der Waals surface area contributed by atoms with Crippen LogP contribution in [-0.4, -0.2) is 28.4 Å². The maximum Gasteiger partial charge on any atom is 0.292 e. The molecule has 12 heteroatoms. The summed E-state index contributed by atoms with van der Waals surface area (Å²) in [6.45, 7) is 3.42. The van der Waals surface area contributed by atoms with Gasteiger partial charge in [-0.05, 0) is 56.4 Å². The van der Waals surface area contributed by atoms with Crippen LogP contribution in [0.15, 0.2) is 59.5 Å². The van der Waals surface area contributed by atoms with Crippen LogP contribution in [0, 0.1) is 24.0 Å². The highest BCUT2D eigenvalue weighted by molar-refractivity contribution is 7.92. The van der Waals surface area contributed by atoms with Crippen LogP contribution in [0.1, 0.15) is 11.5 Å². The van der Waals surface area contributed by atoms with E-state index in [1.54, 1.807) is 26.0 Å². The van der Waals surface area contributed by atoms with Crippen molar-refractivity contribution in [1.29, 1.82) is 0 Å². The number of nitrogens with one attached hydrogen (secondary N) is 3. The van der Waals surface area contributed by atoms with Crippen molar-refractivity contribution in [3.8, 4) is 0 Å². The molecule has 1 aromatic heterocycles. The standard InChI is InChI=1S/C19H18N6O4S2/c1-12-11-18(21-13(2)20-12)24-31(28,29)15-9-7-14(8-10-15)22-19(30)23-16-5-3-4-6-17(16)25(26)27/h3-11H,1-2H3,(H,20,21,24)(H2,22,23,30). The van der Waals surface area contributed by atoms with Gasteiger partial charge in [0.1, 0.15) is 17.3 Å². The average molecular weight is 459 g/mol. The van der Waals surface area contributed by atoms with Gasteiger partial charge in [0.25, 0.3) is 15.7 Å². The maximum absolute atomic E-state index is 12.6. The summed E-state index contributed by atoms with van der Waals surface area (Å²) in [6, 6.07) is 13.5. The van der Waals surface area contributed by atoms with Gasteiger partial charge in [-0.25, -0.2) is 18.4 Å². The first-order chi connectivity index (χ1) is 14.6. The third-order valence-corrected chi connectivity index (χ3v) is 5.55. The summed E-state index contributed by atoms with van der Waals surface area (Å²) in [5.74, 6) is 0.638. The second kappa shape index (κ2) is 9.02. The second-order valence-electron chi connectivity index (χ2n) is 6.43. The lowest BCUT2D eigenvalue weighted by molar-refractivity contribution is -0.383. The minimum absolute atomic E-state index is 0.0320. The highest BCUT2D eigenvalue weighted by atomic mass is 32.2. The zero-order chi connectivity index (χ0) is 22.6. The van der Waals surface area contributed by atoms with E-state index < -0.39 is 14.9 Å². The minimum Gasteiger partial charge on any atom is -0.332 e. The van der Waals surface area contributed by atoms with E-state index in [1.807, 2.05) is 0 Å². The number of aromatic nitrogens is 2. The van der Waals surface area contributed by atoms with Gasteiger partial charge in [-0.2, -0.15) is 0 Å². The van der Waals surface area contributed by atoms with Gasteiger partial charge >= 0.3 is 0 Å². The molecule has 0 atom stereocenters. The Kier molecular flexibility index (Phi) is 6.42. The van der Waals surface area contributed by atoms with Crippen LogP contribution < -0.4 is 15.4 Å². The number of rotatable bonds is 6. The molecule has 0 fully saturated rings. The highest BCUT2D eigenvalue weighted by Gasteiger charge is 2.16. The Balaban J connectivity index is 1.70. The van der Waals surface area contributed by atoms with Crippen LogP contribution >= 0.6 is 12.2 Å². The molecular weight excluding hydrogens is 440 g/mol. The van der Waals surface area contributed by atoms with Gasteiger partial charge in [0.2, 0.25) is 0 Å². The fraction of sp³-hybridized carbons (Fsp3) is 0.105. The number of hydrogen-bond donors (Lipinski definition) is 3. The zero-order valence-electron chi connectivity index (χ0n) is 16.5. The van der Waals surface area contributed by atoms with Crippen molar-refractivity contribution in [2.45, 2.75) is 18.7 Å². The van der Waals surface area contributed by atoms with E-state index in [1.165, 1.54) is 42.5 Å². The summed E-state index contributed by atoms with van der Waals surface area (Å²) in [4.78, 5) is 18.8. The predicted molar refractivity (Wildman–Crippen MR) is 122 cm³/mol. The van der Waals surface area contributed by atoms with Crippen LogP contribution in [0.25, 0.3) is 0 Å². The van der Waals surface area contributed by atoms with Crippen molar-refractivity contribution in [2.75, 3.05) is 15.4 Å². The molecule has 0 aliphatic heterocycles. The number of sulfonamides is 1. The van der Waals surface area contributed by atoms with Crippen LogP contribution in [0.4, 0.5) is 22.9 Å². The Hall–Kier alpha value is -3.64. The van der Waals surface area contributed by atoms with E-state index in [9.17, 15) is 18.5 Å². The molecule has 0 saturated heterocycles. The Labute approximate surface area is 184 Å². The first kappa shape index (κ1) is 22.1. The van der Waals surface area contributed by atoms with Crippen molar-refractivity contribution in [3.63, 3.8) is 0 Å². The van der Waals surface area contributed by atoms with Crippen molar-refractivity contribution in [3.05, 3.63) is 76.2 Å². The third-order valence-electron chi connectivity index (χ3n) is 3.98. The first-order valence-corrected chi connectivity index (χ1v) is 10.8. The molecule has 0 amide bonds. The van der Waals surface area contributed by atoms with Gasteiger partial charge in [0.05, 0.1) is 9.82 Å². The number of thiocarbonyl (C=S) groups is 1. The molecule has 0 aliphatic rings. The van der Waals surface area contributed by atoms with E-state index in [0.717, 1.165) is 0 Å². The molecule has 2 aromatic carbocycles. The molecule has 3 aromatic rings. The van der Waals surface area contributed by atoms with Crippen molar-refractivity contribution >= 4 is 50.2 Å². The number of anilines is 3. The van der Waals surface area contributed by atoms with Crippen molar-refractivity contribution in [1.82, 2.24) is 9.97 Å². The van der Waals surface area contributed by atoms with Gasteiger partial charge < -0.3 is 10.6 Å². The number of nitro groups is 1. The van der Waals surface area contributed by atoms with Crippen LogP contribution in [0.2, 0.25) is 0 Å². The van der Waals surface area contributed by atoms with Gasteiger partial charge in [-0.15, -0.1) is 0 Å². The van der Waals surface area contributed by atoms with E-state index in [4.69, 9.17) is 12.2 Å². The molecule has 0 unspecified atom stereocenters. The molecule has 3 rings (SSSR count). The summed E-state index contributed by atoms with van der Waals surface area (Å²) in [6.07, 6.45) is 0. The monoisotopic (exact) mass is 458 g/mol. The topological polar surface area (TPSA) is 139 Å². The third kappa shape index (κ3) is 5.71. The lowest BCUT2D eigenvalue weighted by Crippen LogP contribution is -2.20. The van der Waals surface area contributed by atoms with E-state index in [0.29, 0.717) is 17.2 Å². The van der Waals surface area contributed by atoms with E-state index >= 15 is 0 Å². The predicted octanol–water partition coefficient (Wildman–Crippen LogP) is 3.61. The fourth-order valence-electron chi connectivity index (χ4n) is 2.71. The highest BCUT2D eigenvalue weighted by Crippen LogP contribution is 2.24. The van der Waals surface area contributed by atoms with Gasteiger partial charge in [0, 0.05) is 23.5 Å². The maximum atomic E-state index is 12.6. The molecule has 1 heterocycles. The van der Waals surface area contributed by atoms with Gasteiger partial charge in [0.15, 0.2) is 5.11 Å². The quantitative estimate of drug-likeness (QED) is 0.287. The summed E-state index contributed by atoms with van der Waals surface area (Å²) in [5, 5.41) is 16.8. The Morgan fingerprint density at radius 1 is 1.03 bits per heavy atom. The van der Waals surface area contributed by atoms with Gasteiger partial charge in [-0.1, -0.05) is 12.1 Å². The number of para-hydroxylation sites is 2. The van der Waals surface area contributed by atoms with Crippen LogP contribution in [0.3, 0.4) is 0 Å². The summed E-state index contributed by atoms with van der Waals surface area (Å²) >= 11 is 5.19. The van der Waals surface area contributed by atoms with Crippen LogP contribution in [-0.2, 0) is 10.0 Å². The lowest BCUT2D eigenvalue weighted by Gasteiger charge is -2.12. The van der Waals surface area contributed by atoms with Crippen molar-refractivity contribution < 1.29 is 13.3 Å². The summed E-state index contributed by atoms with van der Waals surface area (Å²) in [7, 11) is -3.85. The van der Waals surface area contributed by atoms with E-state index in [-0.39, 0.29) is 27.2 Å². The van der Waals surface area contributed by atoms with Crippen LogP contribution in [0.5, 0.6) is 0 Å². The molecule has 160 valence electrons. The molecule has 0 saturated carbocycles. The minimum atomic E-state index is -3.85. The molecule has 0 spiro atoms. The molecule has 0 aliphatic carbocycles. The average Bonchev–Trinajstić information content (AvgIpc) is 2.67. The molecule has 0 radical (unpaired) electrons. The second-order valence-corrected chi connectivity index (χ2v) is 8.52. The number of hydrogen-bond acceptors (Lipinski definition) is 7. The summed E-state index contributed by atoms with van der Waals surface area (Å²) in [5.41, 5.74) is 1.27. The molecule has 3 N–H and O–H groups in total. The zero-order valence-corrected chi connectivity index (χ0v) is 18.1. The Bertz CT molecular complexity index is 1230. The Morgan fingerprint density at radius 2 is 1.71 bits per heavy atom. The van der Waals surface area contributed by atoms with Gasteiger partial charge in [-0.3, -0.25) is 14.8 Å². The molecule has 10 nitrogen and oxygen atoms in total. The molecule has 31 heavy (non-hydrogen) atoms. The lowest BCUT2D eigenvalue weighted by atomic mass is 10.3. The van der Waals surface area contributed by atoms with Crippen molar-refractivity contribution in [2.24, 2.45) is 0 Å². The normalized spacial score (nSPS) is 10.9. The molecular formula is C19H18N6O4S2. The number of nitrogens with zero attached hydrogens (tertiary/aromatic N) is 3. The van der Waals surface area contributed by atoms with E-state index in [2.05, 4.69) is 25.3 Å². The fourth-order valence-corrected chi connectivity index (χ4v) is 3.93. The number of nitro benzene ring substituents is 1. The number of aryl methyl sites for hydroxylation is 2. The molecule has 0 bridgehead atoms. The SMILES string of the molecule is Cc1cc(NS(=O)(=O)c2ccc(NC(=S)Nc3ccccc3[N+](=O)[O-])cc2)nc(C)n1. The first-order valence-electron chi connectivity index (χ1n) is 8.90. The largest absolute Gasteiger partial charge is 0.332 e. The number of benzene rings is 2. The smallest absolute Gasteiger partial charge is 0.292 e.